The van der Waals surface area contributed by atoms with Gasteiger partial charge in [-0.1, -0.05) is 39.5 Å². The summed E-state index contributed by atoms with van der Waals surface area (Å²) < 4.78 is 0. The van der Waals surface area contributed by atoms with Gasteiger partial charge in [-0.05, 0) is 38.3 Å². The van der Waals surface area contributed by atoms with E-state index in [0.29, 0.717) is 11.6 Å². The molecular weight excluding hydrogens is 196 g/mol. The maximum Gasteiger partial charge on any atom is 0.0360 e. The average molecular weight is 224 g/mol. The van der Waals surface area contributed by atoms with Crippen LogP contribution in [-0.4, -0.2) is 29.6 Å². The summed E-state index contributed by atoms with van der Waals surface area (Å²) in [6.07, 6.45) is 9.58. The normalized spacial score (nSPS) is 26.2. The molecule has 2 N–H and O–H groups in total. The first kappa shape index (κ1) is 12.4. The van der Waals surface area contributed by atoms with Gasteiger partial charge in [0.1, 0.15) is 0 Å². The number of nitrogens with two attached hydrogens (primary N) is 1. The van der Waals surface area contributed by atoms with E-state index in [1.807, 2.05) is 0 Å². The summed E-state index contributed by atoms with van der Waals surface area (Å²) in [4.78, 5) is 2.65. The highest BCUT2D eigenvalue weighted by Crippen LogP contribution is 2.42. The molecule has 0 radical (unpaired) electrons. The van der Waals surface area contributed by atoms with Crippen LogP contribution < -0.4 is 5.73 Å². The van der Waals surface area contributed by atoms with Crippen molar-refractivity contribution in [1.82, 2.24) is 4.90 Å². The third-order valence-electron chi connectivity index (χ3n) is 4.84. The van der Waals surface area contributed by atoms with Crippen LogP contribution in [0.25, 0.3) is 0 Å². The van der Waals surface area contributed by atoms with Crippen LogP contribution in [0.2, 0.25) is 0 Å². The first-order valence-corrected chi connectivity index (χ1v) is 7.23. The molecule has 2 aliphatic carbocycles. The lowest BCUT2D eigenvalue weighted by atomic mass is 9.83. The zero-order chi connectivity index (χ0) is 11.6. The lowest BCUT2D eigenvalue weighted by molar-refractivity contribution is 0.0722. The summed E-state index contributed by atoms with van der Waals surface area (Å²) in [6, 6.07) is 0.419. The van der Waals surface area contributed by atoms with E-state index < -0.39 is 0 Å². The molecule has 0 heterocycles. The number of hydrogen-bond acceptors (Lipinski definition) is 2. The topological polar surface area (TPSA) is 29.3 Å². The molecule has 0 spiro atoms. The van der Waals surface area contributed by atoms with Crippen molar-refractivity contribution in [3.63, 3.8) is 0 Å². The molecule has 1 atom stereocenters. The fraction of sp³-hybridized carbons (Fsp3) is 1.00. The molecule has 1 unspecified atom stereocenters. The largest absolute Gasteiger partial charge is 0.326 e. The molecule has 2 heteroatoms. The lowest BCUT2D eigenvalue weighted by Gasteiger charge is -2.45. The van der Waals surface area contributed by atoms with Crippen LogP contribution >= 0.6 is 0 Å². The van der Waals surface area contributed by atoms with Gasteiger partial charge in [-0.25, -0.2) is 0 Å². The van der Waals surface area contributed by atoms with Crippen molar-refractivity contribution in [2.24, 2.45) is 11.7 Å². The molecular formula is C14H28N2. The molecule has 0 aliphatic heterocycles. The minimum Gasteiger partial charge on any atom is -0.326 e. The molecule has 16 heavy (non-hydrogen) atoms. The van der Waals surface area contributed by atoms with Crippen molar-refractivity contribution in [1.29, 1.82) is 0 Å². The molecule has 0 aromatic heterocycles. The second-order valence-electron chi connectivity index (χ2n) is 5.77. The van der Waals surface area contributed by atoms with Gasteiger partial charge in [-0.15, -0.1) is 0 Å². The van der Waals surface area contributed by atoms with Crippen molar-refractivity contribution < 1.29 is 0 Å². The monoisotopic (exact) mass is 224 g/mol. The summed E-state index contributed by atoms with van der Waals surface area (Å²) in [7, 11) is 0. The number of rotatable bonds is 6. The number of hydrogen-bond donors (Lipinski definition) is 1. The Morgan fingerprint density at radius 2 is 1.75 bits per heavy atom. The summed E-state index contributed by atoms with van der Waals surface area (Å²) in [5, 5.41) is 0. The van der Waals surface area contributed by atoms with Crippen molar-refractivity contribution in [2.75, 3.05) is 13.1 Å². The maximum atomic E-state index is 6.57. The Labute approximate surface area is 101 Å². The van der Waals surface area contributed by atoms with E-state index in [0.717, 1.165) is 19.0 Å². The van der Waals surface area contributed by atoms with Crippen LogP contribution in [-0.2, 0) is 0 Å². The van der Waals surface area contributed by atoms with Gasteiger partial charge < -0.3 is 5.73 Å². The molecule has 2 saturated carbocycles. The van der Waals surface area contributed by atoms with Gasteiger partial charge in [0, 0.05) is 11.6 Å². The highest BCUT2D eigenvalue weighted by molar-refractivity contribution is 5.03. The quantitative estimate of drug-likeness (QED) is 0.751. The highest BCUT2D eigenvalue weighted by atomic mass is 15.2. The van der Waals surface area contributed by atoms with E-state index in [-0.39, 0.29) is 0 Å². The fourth-order valence-corrected chi connectivity index (χ4v) is 3.69. The van der Waals surface area contributed by atoms with Crippen molar-refractivity contribution >= 4 is 0 Å². The van der Waals surface area contributed by atoms with Gasteiger partial charge >= 0.3 is 0 Å². The third kappa shape index (κ3) is 2.28. The zero-order valence-corrected chi connectivity index (χ0v) is 11.0. The second kappa shape index (κ2) is 5.05. The van der Waals surface area contributed by atoms with Gasteiger partial charge in [0.15, 0.2) is 0 Å². The lowest BCUT2D eigenvalue weighted by Crippen LogP contribution is -2.58. The Morgan fingerprint density at radius 3 is 2.19 bits per heavy atom. The summed E-state index contributed by atoms with van der Waals surface area (Å²) in [5.41, 5.74) is 6.92. The summed E-state index contributed by atoms with van der Waals surface area (Å²) >= 11 is 0. The van der Waals surface area contributed by atoms with Gasteiger partial charge in [0.25, 0.3) is 0 Å². The van der Waals surface area contributed by atoms with Crippen molar-refractivity contribution in [3.05, 3.63) is 0 Å². The van der Waals surface area contributed by atoms with Crippen LogP contribution in [0.5, 0.6) is 0 Å². The van der Waals surface area contributed by atoms with Crippen molar-refractivity contribution in [3.8, 4) is 0 Å². The van der Waals surface area contributed by atoms with Crippen LogP contribution in [0.15, 0.2) is 0 Å². The Morgan fingerprint density at radius 1 is 1.19 bits per heavy atom. The van der Waals surface area contributed by atoms with Crippen LogP contribution in [0, 0.1) is 5.92 Å². The Bertz CT molecular complexity index is 213. The summed E-state index contributed by atoms with van der Waals surface area (Å²) in [6.45, 7) is 6.89. The van der Waals surface area contributed by atoms with E-state index in [1.165, 1.54) is 44.9 Å². The molecule has 0 bridgehead atoms. The third-order valence-corrected chi connectivity index (χ3v) is 4.84. The average Bonchev–Trinajstić information content (AvgIpc) is 2.96. The van der Waals surface area contributed by atoms with Gasteiger partial charge in [-0.3, -0.25) is 4.90 Å². The van der Waals surface area contributed by atoms with E-state index >= 15 is 0 Å². The molecule has 0 aromatic carbocycles. The SMILES string of the molecule is CCN(CC)C1(C(N)CC2CC2)CCCC1. The fourth-order valence-electron chi connectivity index (χ4n) is 3.69. The Hall–Kier alpha value is -0.0800. The van der Waals surface area contributed by atoms with Gasteiger partial charge in [0.05, 0.1) is 0 Å². The molecule has 2 rings (SSSR count). The molecule has 2 fully saturated rings. The first-order chi connectivity index (χ1) is 7.73. The van der Waals surface area contributed by atoms with E-state index in [9.17, 15) is 0 Å². The minimum atomic E-state index is 0.353. The van der Waals surface area contributed by atoms with E-state index in [2.05, 4.69) is 18.7 Å². The molecule has 2 nitrogen and oxygen atoms in total. The van der Waals surface area contributed by atoms with Crippen LogP contribution in [0.3, 0.4) is 0 Å². The van der Waals surface area contributed by atoms with E-state index in [1.54, 1.807) is 0 Å². The molecule has 2 aliphatic rings. The maximum absolute atomic E-state index is 6.57. The highest BCUT2D eigenvalue weighted by Gasteiger charge is 2.44. The predicted octanol–water partition coefficient (Wildman–Crippen LogP) is 2.77. The Kier molecular flexibility index (Phi) is 3.91. The van der Waals surface area contributed by atoms with Crippen LogP contribution in [0.4, 0.5) is 0 Å². The molecule has 0 aromatic rings. The van der Waals surface area contributed by atoms with Gasteiger partial charge in [-0.2, -0.15) is 0 Å². The minimum absolute atomic E-state index is 0.353. The molecule has 0 amide bonds. The number of likely N-dealkylation sites (N-methyl/N-ethyl adjacent to an activating group) is 1. The smallest absolute Gasteiger partial charge is 0.0360 e. The summed E-state index contributed by atoms with van der Waals surface area (Å²) in [5.74, 6) is 0.961. The zero-order valence-electron chi connectivity index (χ0n) is 11.0. The van der Waals surface area contributed by atoms with Crippen molar-refractivity contribution in [2.45, 2.75) is 70.4 Å². The molecule has 0 saturated heterocycles. The second-order valence-corrected chi connectivity index (χ2v) is 5.77. The standard InChI is InChI=1S/C14H28N2/c1-3-16(4-2)14(9-5-6-10-14)13(15)11-12-7-8-12/h12-13H,3-11,15H2,1-2H3. The predicted molar refractivity (Wildman–Crippen MR) is 69.4 cm³/mol. The first-order valence-electron chi connectivity index (χ1n) is 7.23. The number of nitrogens with zero attached hydrogens (tertiary/aromatic N) is 1. The van der Waals surface area contributed by atoms with E-state index in [4.69, 9.17) is 5.73 Å². The Balaban J connectivity index is 2.05. The molecule has 94 valence electrons. The van der Waals surface area contributed by atoms with Gasteiger partial charge in [0.2, 0.25) is 0 Å². The van der Waals surface area contributed by atoms with Crippen LogP contribution in [0.1, 0.15) is 58.8 Å².